The van der Waals surface area contributed by atoms with E-state index in [0.29, 0.717) is 5.69 Å². The monoisotopic (exact) mass is 331 g/mol. The van der Waals surface area contributed by atoms with Crippen molar-refractivity contribution < 1.29 is 29.0 Å². The summed E-state index contributed by atoms with van der Waals surface area (Å²) < 4.78 is 10.3. The van der Waals surface area contributed by atoms with Gasteiger partial charge in [-0.1, -0.05) is 18.2 Å². The van der Waals surface area contributed by atoms with E-state index < -0.39 is 40.2 Å². The van der Waals surface area contributed by atoms with Crippen LogP contribution in [0, 0.1) is 0 Å². The zero-order chi connectivity index (χ0) is 17.9. The Morgan fingerprint density at radius 1 is 1.00 bits per heavy atom. The van der Waals surface area contributed by atoms with Crippen LogP contribution in [0.2, 0.25) is 0 Å². The van der Waals surface area contributed by atoms with Crippen LogP contribution in [0.5, 0.6) is 0 Å². The SMILES string of the molecule is COC(=O)c1c(C(=O)OC)n(-c2ccccc2)cc(C(=O)O)c1=O. The Kier molecular flexibility index (Phi) is 4.78. The molecule has 1 N–H and O–H groups in total. The van der Waals surface area contributed by atoms with Crippen molar-refractivity contribution in [1.29, 1.82) is 0 Å². The summed E-state index contributed by atoms with van der Waals surface area (Å²) in [6.07, 6.45) is 0.971. The number of aromatic nitrogens is 1. The molecule has 2 rings (SSSR count). The minimum absolute atomic E-state index is 0.366. The number of para-hydroxylation sites is 1. The molecule has 0 amide bonds. The highest BCUT2D eigenvalue weighted by Gasteiger charge is 2.30. The highest BCUT2D eigenvalue weighted by Crippen LogP contribution is 2.17. The first-order valence-electron chi connectivity index (χ1n) is 6.67. The molecule has 0 radical (unpaired) electrons. The van der Waals surface area contributed by atoms with E-state index in [0.717, 1.165) is 25.0 Å². The van der Waals surface area contributed by atoms with E-state index in [4.69, 9.17) is 0 Å². The van der Waals surface area contributed by atoms with E-state index in [1.54, 1.807) is 30.3 Å². The van der Waals surface area contributed by atoms with E-state index in [1.807, 2.05) is 0 Å². The molecule has 1 heterocycles. The molecule has 1 aromatic heterocycles. The van der Waals surface area contributed by atoms with Gasteiger partial charge in [-0.2, -0.15) is 0 Å². The highest BCUT2D eigenvalue weighted by molar-refractivity contribution is 6.04. The van der Waals surface area contributed by atoms with Crippen molar-refractivity contribution in [2.45, 2.75) is 0 Å². The Bertz CT molecular complexity index is 868. The zero-order valence-corrected chi connectivity index (χ0v) is 12.8. The summed E-state index contributed by atoms with van der Waals surface area (Å²) in [5.74, 6) is -3.65. The quantitative estimate of drug-likeness (QED) is 0.835. The van der Waals surface area contributed by atoms with Crippen LogP contribution in [0.4, 0.5) is 0 Å². The standard InChI is InChI=1S/C16H13NO7/c1-23-15(21)11-12(16(22)24-2)17(9-6-4-3-5-7-9)8-10(13(11)18)14(19)20/h3-8H,1-2H3,(H,19,20). The van der Waals surface area contributed by atoms with Gasteiger partial charge in [-0.3, -0.25) is 4.79 Å². The molecular formula is C16H13NO7. The Balaban J connectivity index is 2.99. The van der Waals surface area contributed by atoms with Crippen LogP contribution < -0.4 is 5.43 Å². The molecule has 0 aliphatic rings. The van der Waals surface area contributed by atoms with Crippen molar-refractivity contribution in [2.75, 3.05) is 14.2 Å². The number of esters is 2. The topological polar surface area (TPSA) is 112 Å². The molecule has 0 aliphatic heterocycles. The molecule has 0 unspecified atom stereocenters. The van der Waals surface area contributed by atoms with Crippen molar-refractivity contribution in [3.63, 3.8) is 0 Å². The lowest BCUT2D eigenvalue weighted by Crippen LogP contribution is -2.31. The zero-order valence-electron chi connectivity index (χ0n) is 12.8. The summed E-state index contributed by atoms with van der Waals surface area (Å²) in [5, 5.41) is 9.22. The predicted molar refractivity (Wildman–Crippen MR) is 81.7 cm³/mol. The maximum Gasteiger partial charge on any atom is 0.356 e. The number of ether oxygens (including phenoxy) is 2. The molecule has 0 aliphatic carbocycles. The first-order chi connectivity index (χ1) is 11.4. The first-order valence-corrected chi connectivity index (χ1v) is 6.67. The van der Waals surface area contributed by atoms with Gasteiger partial charge >= 0.3 is 17.9 Å². The fourth-order valence-corrected chi connectivity index (χ4v) is 2.15. The summed E-state index contributed by atoms with van der Waals surface area (Å²) in [5.41, 5.74) is -2.54. The lowest BCUT2D eigenvalue weighted by molar-refractivity contribution is 0.0544. The molecule has 1 aromatic carbocycles. The van der Waals surface area contributed by atoms with E-state index >= 15 is 0 Å². The number of aromatic carboxylic acids is 1. The van der Waals surface area contributed by atoms with Crippen LogP contribution in [-0.2, 0) is 9.47 Å². The van der Waals surface area contributed by atoms with Gasteiger partial charge in [0.1, 0.15) is 11.1 Å². The molecule has 0 fully saturated rings. The highest BCUT2D eigenvalue weighted by atomic mass is 16.5. The smallest absolute Gasteiger partial charge is 0.356 e. The maximum absolute atomic E-state index is 12.3. The number of benzene rings is 1. The molecule has 8 nitrogen and oxygen atoms in total. The van der Waals surface area contributed by atoms with Crippen molar-refractivity contribution in [2.24, 2.45) is 0 Å². The van der Waals surface area contributed by atoms with Gasteiger partial charge in [-0.25, -0.2) is 14.4 Å². The lowest BCUT2D eigenvalue weighted by Gasteiger charge is -2.16. The van der Waals surface area contributed by atoms with Crippen molar-refractivity contribution in [3.05, 3.63) is 63.6 Å². The molecule has 24 heavy (non-hydrogen) atoms. The predicted octanol–water partition coefficient (Wildman–Crippen LogP) is 1.11. The van der Waals surface area contributed by atoms with E-state index in [9.17, 15) is 24.3 Å². The number of methoxy groups -OCH3 is 2. The average Bonchev–Trinajstić information content (AvgIpc) is 2.60. The molecule has 0 saturated carbocycles. The Morgan fingerprint density at radius 3 is 2.08 bits per heavy atom. The number of pyridine rings is 1. The summed E-state index contributed by atoms with van der Waals surface area (Å²) in [6.45, 7) is 0. The van der Waals surface area contributed by atoms with E-state index in [2.05, 4.69) is 9.47 Å². The van der Waals surface area contributed by atoms with Crippen LogP contribution in [0.3, 0.4) is 0 Å². The second-order valence-electron chi connectivity index (χ2n) is 4.59. The van der Waals surface area contributed by atoms with E-state index in [-0.39, 0.29) is 0 Å². The van der Waals surface area contributed by atoms with Crippen LogP contribution in [0.15, 0.2) is 41.3 Å². The third kappa shape index (κ3) is 2.89. The Hall–Kier alpha value is -3.42. The van der Waals surface area contributed by atoms with Crippen LogP contribution in [0.25, 0.3) is 5.69 Å². The molecule has 0 bridgehead atoms. The molecule has 2 aromatic rings. The average molecular weight is 331 g/mol. The Morgan fingerprint density at radius 2 is 1.58 bits per heavy atom. The van der Waals surface area contributed by atoms with E-state index in [1.165, 1.54) is 0 Å². The third-order valence-corrected chi connectivity index (χ3v) is 3.24. The van der Waals surface area contributed by atoms with Gasteiger partial charge in [0.25, 0.3) is 0 Å². The van der Waals surface area contributed by atoms with Gasteiger partial charge in [-0.05, 0) is 12.1 Å². The van der Waals surface area contributed by atoms with Gasteiger partial charge in [0.2, 0.25) is 5.43 Å². The third-order valence-electron chi connectivity index (χ3n) is 3.24. The molecule has 8 heteroatoms. The second-order valence-corrected chi connectivity index (χ2v) is 4.59. The number of carbonyl (C=O) groups is 3. The molecule has 0 spiro atoms. The minimum atomic E-state index is -1.54. The van der Waals surface area contributed by atoms with Crippen LogP contribution in [-0.4, -0.2) is 41.8 Å². The maximum atomic E-state index is 12.3. The summed E-state index contributed by atoms with van der Waals surface area (Å²) in [4.78, 5) is 47.8. The first kappa shape index (κ1) is 16.9. The van der Waals surface area contributed by atoms with Crippen molar-refractivity contribution >= 4 is 17.9 Å². The summed E-state index contributed by atoms with van der Waals surface area (Å²) in [6, 6.07) is 8.15. The molecule has 0 saturated heterocycles. The molecule has 124 valence electrons. The number of carboxylic acids is 1. The van der Waals surface area contributed by atoms with Crippen LogP contribution in [0.1, 0.15) is 31.2 Å². The van der Waals surface area contributed by atoms with Gasteiger partial charge < -0.3 is 19.1 Å². The summed E-state index contributed by atoms with van der Waals surface area (Å²) in [7, 11) is 2.09. The number of rotatable bonds is 4. The lowest BCUT2D eigenvalue weighted by atomic mass is 10.1. The number of carboxylic acid groups (broad SMARTS) is 1. The minimum Gasteiger partial charge on any atom is -0.477 e. The number of hydrogen-bond acceptors (Lipinski definition) is 6. The largest absolute Gasteiger partial charge is 0.477 e. The Labute approximate surface area is 135 Å². The fraction of sp³-hybridized carbons (Fsp3) is 0.125. The number of carbonyl (C=O) groups excluding carboxylic acids is 2. The normalized spacial score (nSPS) is 10.1. The van der Waals surface area contributed by atoms with Gasteiger partial charge in [0.05, 0.1) is 14.2 Å². The number of hydrogen-bond donors (Lipinski definition) is 1. The molecule has 0 atom stereocenters. The van der Waals surface area contributed by atoms with Gasteiger partial charge in [0.15, 0.2) is 5.69 Å². The van der Waals surface area contributed by atoms with Gasteiger partial charge in [0, 0.05) is 11.9 Å². The number of nitrogens with zero attached hydrogens (tertiary/aromatic N) is 1. The summed E-state index contributed by atoms with van der Waals surface area (Å²) >= 11 is 0. The van der Waals surface area contributed by atoms with Crippen molar-refractivity contribution in [1.82, 2.24) is 4.57 Å². The fourth-order valence-electron chi connectivity index (χ4n) is 2.15. The molecular weight excluding hydrogens is 318 g/mol. The van der Waals surface area contributed by atoms with Crippen molar-refractivity contribution in [3.8, 4) is 5.69 Å². The van der Waals surface area contributed by atoms with Gasteiger partial charge in [-0.15, -0.1) is 0 Å². The van der Waals surface area contributed by atoms with Crippen LogP contribution >= 0.6 is 0 Å². The second kappa shape index (κ2) is 6.78.